The lowest BCUT2D eigenvalue weighted by Gasteiger charge is -2.36. The summed E-state index contributed by atoms with van der Waals surface area (Å²) < 4.78 is 5.25. The first-order valence-electron chi connectivity index (χ1n) is 11.3. The average Bonchev–Trinajstić information content (AvgIpc) is 2.75. The standard InChI is InChI=1S/C23H38N4O2.HI/c1-3-24-23(25-16-19-15-21(29-2)9-10-22(19)28)26-20-11-13-27(14-12-20)17-18-7-5-4-6-8-18;/h9-10,15,18,20,28H,3-8,11-14,16-17H2,1-2H3,(H2,24,25,26);1H. The Hall–Kier alpha value is -1.22. The smallest absolute Gasteiger partial charge is 0.191 e. The number of benzene rings is 1. The zero-order valence-electron chi connectivity index (χ0n) is 18.5. The van der Waals surface area contributed by atoms with Crippen molar-refractivity contribution in [2.24, 2.45) is 10.9 Å². The van der Waals surface area contributed by atoms with Crippen LogP contribution in [0.5, 0.6) is 11.5 Å². The van der Waals surface area contributed by atoms with Crippen molar-refractivity contribution in [3.05, 3.63) is 23.8 Å². The number of hydrogen-bond donors (Lipinski definition) is 3. The minimum Gasteiger partial charge on any atom is -0.508 e. The van der Waals surface area contributed by atoms with Crippen molar-refractivity contribution in [2.45, 2.75) is 64.5 Å². The Morgan fingerprint density at radius 3 is 2.57 bits per heavy atom. The van der Waals surface area contributed by atoms with Crippen LogP contribution in [0.4, 0.5) is 0 Å². The summed E-state index contributed by atoms with van der Waals surface area (Å²) in [6.45, 7) is 6.94. The average molecular weight is 530 g/mol. The fourth-order valence-corrected chi connectivity index (χ4v) is 4.49. The lowest BCUT2D eigenvalue weighted by Crippen LogP contribution is -2.49. The van der Waals surface area contributed by atoms with Gasteiger partial charge in [-0.2, -0.15) is 0 Å². The van der Waals surface area contributed by atoms with E-state index in [2.05, 4.69) is 22.5 Å². The minimum atomic E-state index is 0. The summed E-state index contributed by atoms with van der Waals surface area (Å²) in [5.41, 5.74) is 0.767. The molecule has 170 valence electrons. The molecule has 1 aliphatic carbocycles. The van der Waals surface area contributed by atoms with Gasteiger partial charge in [0.15, 0.2) is 5.96 Å². The van der Waals surface area contributed by atoms with Crippen LogP contribution in [0.2, 0.25) is 0 Å². The van der Waals surface area contributed by atoms with E-state index in [-0.39, 0.29) is 29.7 Å². The van der Waals surface area contributed by atoms with Crippen molar-refractivity contribution in [2.75, 3.05) is 33.3 Å². The molecular weight excluding hydrogens is 491 g/mol. The molecule has 1 aliphatic heterocycles. The molecule has 0 radical (unpaired) electrons. The molecule has 1 heterocycles. The van der Waals surface area contributed by atoms with Crippen LogP contribution in [0.3, 0.4) is 0 Å². The molecule has 1 aromatic carbocycles. The number of nitrogens with zero attached hydrogens (tertiary/aromatic N) is 2. The number of guanidine groups is 1. The largest absolute Gasteiger partial charge is 0.508 e. The van der Waals surface area contributed by atoms with Crippen molar-refractivity contribution in [3.8, 4) is 11.5 Å². The summed E-state index contributed by atoms with van der Waals surface area (Å²) in [5, 5.41) is 17.0. The number of rotatable bonds is 7. The Morgan fingerprint density at radius 2 is 1.90 bits per heavy atom. The van der Waals surface area contributed by atoms with Crippen LogP contribution in [-0.2, 0) is 6.54 Å². The fourth-order valence-electron chi connectivity index (χ4n) is 4.49. The Morgan fingerprint density at radius 1 is 1.17 bits per heavy atom. The van der Waals surface area contributed by atoms with Crippen molar-refractivity contribution < 1.29 is 9.84 Å². The molecule has 0 bridgehead atoms. The summed E-state index contributed by atoms with van der Waals surface area (Å²) in [6, 6.07) is 5.71. The molecular formula is C23H39IN4O2. The van der Waals surface area contributed by atoms with E-state index in [1.165, 1.54) is 51.7 Å². The molecule has 3 rings (SSSR count). The van der Waals surface area contributed by atoms with E-state index in [4.69, 9.17) is 9.73 Å². The Bertz CT molecular complexity index is 657. The molecule has 1 aromatic rings. The van der Waals surface area contributed by atoms with Crippen molar-refractivity contribution in [1.82, 2.24) is 15.5 Å². The lowest BCUT2D eigenvalue weighted by molar-refractivity contribution is 0.160. The van der Waals surface area contributed by atoms with Crippen LogP contribution >= 0.6 is 24.0 Å². The van der Waals surface area contributed by atoms with Gasteiger partial charge >= 0.3 is 0 Å². The molecule has 3 N–H and O–H groups in total. The van der Waals surface area contributed by atoms with Gasteiger partial charge in [0, 0.05) is 37.8 Å². The first-order valence-corrected chi connectivity index (χ1v) is 11.3. The predicted octanol–water partition coefficient (Wildman–Crippen LogP) is 4.12. The van der Waals surface area contributed by atoms with Gasteiger partial charge in [0.05, 0.1) is 13.7 Å². The third-order valence-electron chi connectivity index (χ3n) is 6.21. The third kappa shape index (κ3) is 7.80. The van der Waals surface area contributed by atoms with Crippen LogP contribution in [0, 0.1) is 5.92 Å². The van der Waals surface area contributed by atoms with E-state index in [0.29, 0.717) is 12.6 Å². The highest BCUT2D eigenvalue weighted by atomic mass is 127. The molecule has 0 amide bonds. The topological polar surface area (TPSA) is 69.1 Å². The summed E-state index contributed by atoms with van der Waals surface area (Å²) in [5.74, 6) is 2.72. The highest BCUT2D eigenvalue weighted by Gasteiger charge is 2.23. The first kappa shape index (κ1) is 25.0. The molecule has 2 aliphatic rings. The van der Waals surface area contributed by atoms with Gasteiger partial charge in [-0.15, -0.1) is 24.0 Å². The van der Waals surface area contributed by atoms with Gasteiger partial charge in [-0.3, -0.25) is 0 Å². The molecule has 0 unspecified atom stereocenters. The molecule has 2 fully saturated rings. The van der Waals surface area contributed by atoms with E-state index < -0.39 is 0 Å². The molecule has 6 nitrogen and oxygen atoms in total. The number of piperidine rings is 1. The van der Waals surface area contributed by atoms with Crippen LogP contribution in [0.1, 0.15) is 57.4 Å². The van der Waals surface area contributed by atoms with Crippen molar-refractivity contribution in [1.29, 1.82) is 0 Å². The van der Waals surface area contributed by atoms with Gasteiger partial charge in [0.2, 0.25) is 0 Å². The van der Waals surface area contributed by atoms with Gasteiger partial charge in [0.25, 0.3) is 0 Å². The number of methoxy groups -OCH3 is 1. The monoisotopic (exact) mass is 530 g/mol. The van der Waals surface area contributed by atoms with Crippen molar-refractivity contribution >= 4 is 29.9 Å². The molecule has 7 heteroatoms. The lowest BCUT2D eigenvalue weighted by atomic mass is 9.88. The summed E-state index contributed by atoms with van der Waals surface area (Å²) in [4.78, 5) is 7.35. The number of halogens is 1. The second-order valence-corrected chi connectivity index (χ2v) is 8.41. The summed E-state index contributed by atoms with van der Waals surface area (Å²) in [6.07, 6.45) is 9.44. The van der Waals surface area contributed by atoms with Crippen LogP contribution in [0.15, 0.2) is 23.2 Å². The van der Waals surface area contributed by atoms with E-state index in [1.54, 1.807) is 19.2 Å². The van der Waals surface area contributed by atoms with E-state index in [0.717, 1.165) is 42.6 Å². The van der Waals surface area contributed by atoms with Crippen molar-refractivity contribution in [3.63, 3.8) is 0 Å². The number of aromatic hydroxyl groups is 1. The number of hydrogen-bond acceptors (Lipinski definition) is 4. The molecule has 0 aromatic heterocycles. The van der Waals surface area contributed by atoms with E-state index >= 15 is 0 Å². The van der Waals surface area contributed by atoms with Gasteiger partial charge in [-0.25, -0.2) is 4.99 Å². The maximum Gasteiger partial charge on any atom is 0.191 e. The highest BCUT2D eigenvalue weighted by molar-refractivity contribution is 14.0. The Kier molecular flexibility index (Phi) is 11.1. The van der Waals surface area contributed by atoms with Gasteiger partial charge in [-0.05, 0) is 56.7 Å². The summed E-state index contributed by atoms with van der Waals surface area (Å²) >= 11 is 0. The number of nitrogens with one attached hydrogen (secondary N) is 2. The zero-order valence-corrected chi connectivity index (χ0v) is 20.9. The normalized spacial score (nSPS) is 19.2. The highest BCUT2D eigenvalue weighted by Crippen LogP contribution is 2.26. The second-order valence-electron chi connectivity index (χ2n) is 8.41. The first-order chi connectivity index (χ1) is 14.2. The molecule has 0 spiro atoms. The zero-order chi connectivity index (χ0) is 20.5. The maximum absolute atomic E-state index is 10.1. The quantitative estimate of drug-likeness (QED) is 0.281. The van der Waals surface area contributed by atoms with E-state index in [9.17, 15) is 5.11 Å². The third-order valence-corrected chi connectivity index (χ3v) is 6.21. The molecule has 30 heavy (non-hydrogen) atoms. The van der Waals surface area contributed by atoms with Gasteiger partial charge < -0.3 is 25.4 Å². The minimum absolute atomic E-state index is 0. The second kappa shape index (κ2) is 13.2. The summed E-state index contributed by atoms with van der Waals surface area (Å²) in [7, 11) is 1.63. The van der Waals surface area contributed by atoms with Gasteiger partial charge in [-0.1, -0.05) is 19.3 Å². The predicted molar refractivity (Wildman–Crippen MR) is 134 cm³/mol. The number of aliphatic imine (C=N–C) groups is 1. The fraction of sp³-hybridized carbons (Fsp3) is 0.696. The van der Waals surface area contributed by atoms with Crippen LogP contribution < -0.4 is 15.4 Å². The maximum atomic E-state index is 10.1. The SMILES string of the molecule is CCNC(=NCc1cc(OC)ccc1O)NC1CCN(CC2CCCCC2)CC1.I. The molecule has 0 atom stereocenters. The Balaban J connectivity index is 0.00000320. The number of phenolic OH excluding ortho intramolecular Hbond substituents is 1. The number of phenols is 1. The van der Waals surface area contributed by atoms with Crippen LogP contribution in [0.25, 0.3) is 0 Å². The van der Waals surface area contributed by atoms with Gasteiger partial charge in [0.1, 0.15) is 11.5 Å². The van der Waals surface area contributed by atoms with Crippen LogP contribution in [-0.4, -0.2) is 55.3 Å². The Labute approximate surface area is 198 Å². The number of ether oxygens (including phenoxy) is 1. The molecule has 1 saturated carbocycles. The molecule has 1 saturated heterocycles. The van der Waals surface area contributed by atoms with E-state index in [1.807, 2.05) is 6.07 Å². The number of likely N-dealkylation sites (tertiary alicyclic amines) is 1.